The molecule has 3 nitrogen and oxygen atoms in total. The average Bonchev–Trinajstić information content (AvgIpc) is 2.65. The third-order valence-electron chi connectivity index (χ3n) is 5.62. The predicted molar refractivity (Wildman–Crippen MR) is 93.1 cm³/mol. The predicted octanol–water partition coefficient (Wildman–Crippen LogP) is 3.47. The van der Waals surface area contributed by atoms with Crippen molar-refractivity contribution in [3.63, 3.8) is 0 Å². The summed E-state index contributed by atoms with van der Waals surface area (Å²) in [7, 11) is 0. The molecule has 0 saturated carbocycles. The van der Waals surface area contributed by atoms with E-state index in [1.54, 1.807) is 0 Å². The molecule has 0 saturated heterocycles. The Morgan fingerprint density at radius 3 is 2.33 bits per heavy atom. The van der Waals surface area contributed by atoms with Crippen molar-refractivity contribution < 1.29 is 14.0 Å². The molecule has 5 rings (SSSR count). The van der Waals surface area contributed by atoms with Gasteiger partial charge in [-0.05, 0) is 19.4 Å². The van der Waals surface area contributed by atoms with E-state index in [2.05, 4.69) is 67.1 Å². The second-order valence-electron chi connectivity index (χ2n) is 6.95. The molecule has 1 aromatic carbocycles. The Morgan fingerprint density at radius 2 is 1.62 bits per heavy atom. The largest absolute Gasteiger partial charge is 0.381 e. The lowest BCUT2D eigenvalue weighted by molar-refractivity contribution is -0.735. The molecule has 2 bridgehead atoms. The molecule has 126 valence electrons. The van der Waals surface area contributed by atoms with Gasteiger partial charge in [0.05, 0.1) is 19.1 Å². The number of aromatic nitrogens is 1. The van der Waals surface area contributed by atoms with E-state index in [-0.39, 0.29) is 5.41 Å². The Balaban J connectivity index is 1.87. The summed E-state index contributed by atoms with van der Waals surface area (Å²) in [5, 5.41) is 0. The zero-order valence-electron chi connectivity index (χ0n) is 14.6. The fourth-order valence-corrected chi connectivity index (χ4v) is 4.68. The van der Waals surface area contributed by atoms with Crippen molar-refractivity contribution in [1.82, 2.24) is 0 Å². The minimum atomic E-state index is 0.0202. The molecule has 0 fully saturated rings. The second kappa shape index (κ2) is 6.30. The Bertz CT molecular complexity index is 672. The van der Waals surface area contributed by atoms with Crippen molar-refractivity contribution in [2.24, 2.45) is 5.41 Å². The van der Waals surface area contributed by atoms with Crippen LogP contribution >= 0.6 is 0 Å². The molecule has 0 N–H and O–H groups in total. The first kappa shape index (κ1) is 15.8. The highest BCUT2D eigenvalue weighted by molar-refractivity contribution is 5.43. The van der Waals surface area contributed by atoms with E-state index < -0.39 is 0 Å². The molecular weight excluding hydrogens is 298 g/mol. The van der Waals surface area contributed by atoms with Gasteiger partial charge in [0.2, 0.25) is 0 Å². The van der Waals surface area contributed by atoms with Gasteiger partial charge in [-0.2, -0.15) is 4.57 Å². The maximum atomic E-state index is 5.97. The van der Waals surface area contributed by atoms with E-state index in [4.69, 9.17) is 9.47 Å². The lowest BCUT2D eigenvalue weighted by atomic mass is 9.59. The van der Waals surface area contributed by atoms with Crippen LogP contribution in [0.1, 0.15) is 49.0 Å². The van der Waals surface area contributed by atoms with Crippen LogP contribution in [-0.4, -0.2) is 26.4 Å². The second-order valence-corrected chi connectivity index (χ2v) is 6.95. The average molecular weight is 324 g/mol. The molecule has 3 aliphatic rings. The van der Waals surface area contributed by atoms with Crippen molar-refractivity contribution in [3.8, 4) is 0 Å². The van der Waals surface area contributed by atoms with Gasteiger partial charge in [0.15, 0.2) is 17.9 Å². The smallest absolute Gasteiger partial charge is 0.190 e. The summed E-state index contributed by atoms with van der Waals surface area (Å²) in [6.07, 6.45) is 3.31. The summed E-state index contributed by atoms with van der Waals surface area (Å²) in [6, 6.07) is 15.9. The number of hydrogen-bond acceptors (Lipinski definition) is 2. The van der Waals surface area contributed by atoms with Crippen molar-refractivity contribution in [2.45, 2.75) is 32.2 Å². The van der Waals surface area contributed by atoms with Crippen LogP contribution in [0.5, 0.6) is 0 Å². The van der Waals surface area contributed by atoms with Gasteiger partial charge < -0.3 is 9.47 Å². The number of benzene rings is 1. The molecule has 2 aliphatic heterocycles. The first-order valence-corrected chi connectivity index (χ1v) is 9.05. The Kier molecular flexibility index (Phi) is 4.15. The molecule has 2 unspecified atom stereocenters. The highest BCUT2D eigenvalue weighted by Crippen LogP contribution is 2.55. The minimum absolute atomic E-state index is 0.0202. The van der Waals surface area contributed by atoms with E-state index in [0.29, 0.717) is 12.0 Å². The van der Waals surface area contributed by atoms with Gasteiger partial charge in [-0.1, -0.05) is 30.3 Å². The molecule has 0 amide bonds. The highest BCUT2D eigenvalue weighted by atomic mass is 16.5. The van der Waals surface area contributed by atoms with Crippen LogP contribution in [0.3, 0.4) is 0 Å². The lowest BCUT2D eigenvalue weighted by Crippen LogP contribution is -2.60. The summed E-state index contributed by atoms with van der Waals surface area (Å²) in [5.41, 5.74) is 4.34. The summed E-state index contributed by atoms with van der Waals surface area (Å²) in [4.78, 5) is 0. The maximum Gasteiger partial charge on any atom is 0.190 e. The Labute approximate surface area is 144 Å². The normalized spacial score (nSPS) is 22.9. The Morgan fingerprint density at radius 1 is 0.958 bits per heavy atom. The highest BCUT2D eigenvalue weighted by Gasteiger charge is 2.57. The SMILES string of the molecule is CCOCC1(COCC)CC2c3ccccc3C1c1cccc[n+]12. The fraction of sp³-hybridized carbons (Fsp3) is 0.476. The number of fused-ring (bicyclic) bond motifs is 1. The van der Waals surface area contributed by atoms with Crippen LogP contribution in [0, 0.1) is 5.41 Å². The standard InChI is InChI=1S/C21H26NO2/c1-3-23-14-21(15-24-4-2)13-19-16-9-5-6-10-17(16)20(21)18-11-7-8-12-22(18)19/h5-12,19-20H,3-4,13-15H2,1-2H3/q+1. The zero-order chi connectivity index (χ0) is 16.6. The van der Waals surface area contributed by atoms with Gasteiger partial charge in [0, 0.05) is 42.7 Å². The van der Waals surface area contributed by atoms with Crippen molar-refractivity contribution in [2.75, 3.05) is 26.4 Å². The van der Waals surface area contributed by atoms with Crippen LogP contribution in [-0.2, 0) is 9.47 Å². The zero-order valence-corrected chi connectivity index (χ0v) is 14.6. The minimum Gasteiger partial charge on any atom is -0.381 e. The van der Waals surface area contributed by atoms with E-state index in [9.17, 15) is 0 Å². The summed E-state index contributed by atoms with van der Waals surface area (Å²) >= 11 is 0. The number of pyridine rings is 1. The van der Waals surface area contributed by atoms with Gasteiger partial charge in [-0.25, -0.2) is 0 Å². The van der Waals surface area contributed by atoms with E-state index in [1.165, 1.54) is 16.8 Å². The van der Waals surface area contributed by atoms with Gasteiger partial charge in [-0.15, -0.1) is 0 Å². The molecule has 3 heteroatoms. The van der Waals surface area contributed by atoms with Gasteiger partial charge in [0.25, 0.3) is 0 Å². The number of hydrogen-bond donors (Lipinski definition) is 0. The van der Waals surface area contributed by atoms with Crippen molar-refractivity contribution in [1.29, 1.82) is 0 Å². The molecule has 0 radical (unpaired) electrons. The fourth-order valence-electron chi connectivity index (χ4n) is 4.68. The van der Waals surface area contributed by atoms with Gasteiger partial charge >= 0.3 is 0 Å². The summed E-state index contributed by atoms with van der Waals surface area (Å²) in [6.45, 7) is 7.17. The summed E-state index contributed by atoms with van der Waals surface area (Å²) < 4.78 is 14.4. The molecule has 24 heavy (non-hydrogen) atoms. The van der Waals surface area contributed by atoms with Crippen molar-refractivity contribution >= 4 is 0 Å². The number of rotatable bonds is 6. The number of ether oxygens (including phenoxy) is 2. The van der Waals surface area contributed by atoms with Crippen molar-refractivity contribution in [3.05, 3.63) is 65.5 Å². The Hall–Kier alpha value is -1.71. The molecule has 2 aromatic rings. The van der Waals surface area contributed by atoms with Crippen LogP contribution < -0.4 is 4.57 Å². The molecule has 0 spiro atoms. The molecular formula is C21H26NO2+. The molecule has 2 atom stereocenters. The van der Waals surface area contributed by atoms with E-state index in [1.807, 2.05) is 0 Å². The third-order valence-corrected chi connectivity index (χ3v) is 5.62. The third kappa shape index (κ3) is 2.30. The van der Waals surface area contributed by atoms with Crippen LogP contribution in [0.25, 0.3) is 0 Å². The topological polar surface area (TPSA) is 22.3 Å². The van der Waals surface area contributed by atoms with E-state index >= 15 is 0 Å². The first-order valence-electron chi connectivity index (χ1n) is 9.05. The quantitative estimate of drug-likeness (QED) is 0.759. The van der Waals surface area contributed by atoms with Crippen LogP contribution in [0.4, 0.5) is 0 Å². The number of nitrogens with zero attached hydrogens (tertiary/aromatic N) is 1. The van der Waals surface area contributed by atoms with Gasteiger partial charge in [0.1, 0.15) is 0 Å². The van der Waals surface area contributed by atoms with E-state index in [0.717, 1.165) is 32.8 Å². The molecule has 1 aromatic heterocycles. The monoisotopic (exact) mass is 324 g/mol. The molecule has 1 aliphatic carbocycles. The van der Waals surface area contributed by atoms with Gasteiger partial charge in [-0.3, -0.25) is 0 Å². The first-order chi connectivity index (χ1) is 11.8. The maximum absolute atomic E-state index is 5.97. The molecule has 3 heterocycles. The van der Waals surface area contributed by atoms with Crippen LogP contribution in [0.2, 0.25) is 0 Å². The van der Waals surface area contributed by atoms with Crippen LogP contribution in [0.15, 0.2) is 48.7 Å². The lowest BCUT2D eigenvalue weighted by Gasteiger charge is -2.48. The summed E-state index contributed by atoms with van der Waals surface area (Å²) in [5.74, 6) is 0.331.